The minimum Gasteiger partial charge on any atom is -0.399 e. The van der Waals surface area contributed by atoms with Gasteiger partial charge in [0.2, 0.25) is 0 Å². The summed E-state index contributed by atoms with van der Waals surface area (Å²) in [7, 11) is 1.61. The summed E-state index contributed by atoms with van der Waals surface area (Å²) in [4.78, 5) is 11.8. The first-order valence-corrected chi connectivity index (χ1v) is 6.06. The molecule has 1 amide bonds. The second-order valence-electron chi connectivity index (χ2n) is 4.32. The van der Waals surface area contributed by atoms with E-state index in [1.807, 2.05) is 31.2 Å². The van der Waals surface area contributed by atoms with Crippen molar-refractivity contribution < 1.29 is 4.79 Å². The molecule has 0 spiro atoms. The largest absolute Gasteiger partial charge is 0.399 e. The van der Waals surface area contributed by atoms with Crippen molar-refractivity contribution in [3.8, 4) is 0 Å². The van der Waals surface area contributed by atoms with E-state index in [2.05, 4.69) is 10.6 Å². The molecule has 0 heterocycles. The third-order valence-electron chi connectivity index (χ3n) is 2.93. The molecule has 0 radical (unpaired) electrons. The van der Waals surface area contributed by atoms with Gasteiger partial charge in [0, 0.05) is 18.4 Å². The van der Waals surface area contributed by atoms with Crippen LogP contribution >= 0.6 is 0 Å². The molecular weight excluding hydrogens is 238 g/mol. The molecule has 2 aromatic carbocycles. The molecule has 0 aliphatic rings. The van der Waals surface area contributed by atoms with Gasteiger partial charge in [-0.25, -0.2) is 0 Å². The van der Waals surface area contributed by atoms with Crippen LogP contribution < -0.4 is 16.4 Å². The van der Waals surface area contributed by atoms with Crippen molar-refractivity contribution in [2.45, 2.75) is 6.92 Å². The van der Waals surface area contributed by atoms with E-state index < -0.39 is 0 Å². The fourth-order valence-electron chi connectivity index (χ4n) is 1.86. The number of anilines is 3. The lowest BCUT2D eigenvalue weighted by Crippen LogP contribution is -2.19. The third kappa shape index (κ3) is 2.85. The van der Waals surface area contributed by atoms with E-state index in [4.69, 9.17) is 5.73 Å². The maximum atomic E-state index is 11.8. The molecule has 0 unspecified atom stereocenters. The van der Waals surface area contributed by atoms with E-state index in [-0.39, 0.29) is 5.91 Å². The van der Waals surface area contributed by atoms with Crippen LogP contribution in [0.25, 0.3) is 0 Å². The SMILES string of the molecule is CNC(=O)c1ccc(N)cc1Nc1ccccc1C. The topological polar surface area (TPSA) is 67.2 Å². The van der Waals surface area contributed by atoms with Gasteiger partial charge in [-0.15, -0.1) is 0 Å². The lowest BCUT2D eigenvalue weighted by Gasteiger charge is -2.13. The molecule has 0 aromatic heterocycles. The van der Waals surface area contributed by atoms with Gasteiger partial charge in [-0.3, -0.25) is 4.79 Å². The van der Waals surface area contributed by atoms with Crippen LogP contribution in [0.15, 0.2) is 42.5 Å². The monoisotopic (exact) mass is 255 g/mol. The summed E-state index contributed by atoms with van der Waals surface area (Å²) in [5, 5.41) is 5.88. The average Bonchev–Trinajstić information content (AvgIpc) is 2.41. The second-order valence-corrected chi connectivity index (χ2v) is 4.32. The first-order valence-electron chi connectivity index (χ1n) is 6.06. The molecule has 4 nitrogen and oxygen atoms in total. The Morgan fingerprint density at radius 2 is 1.84 bits per heavy atom. The first-order chi connectivity index (χ1) is 9.11. The molecule has 0 fully saturated rings. The number of aryl methyl sites for hydroxylation is 1. The highest BCUT2D eigenvalue weighted by Gasteiger charge is 2.11. The minimum absolute atomic E-state index is 0.143. The van der Waals surface area contributed by atoms with Gasteiger partial charge >= 0.3 is 0 Å². The first kappa shape index (κ1) is 13.0. The maximum Gasteiger partial charge on any atom is 0.253 e. The smallest absolute Gasteiger partial charge is 0.253 e. The zero-order valence-electron chi connectivity index (χ0n) is 11.0. The molecule has 4 N–H and O–H groups in total. The Hall–Kier alpha value is -2.49. The predicted molar refractivity (Wildman–Crippen MR) is 78.7 cm³/mol. The van der Waals surface area contributed by atoms with Crippen LogP contribution in [0.4, 0.5) is 17.1 Å². The fourth-order valence-corrected chi connectivity index (χ4v) is 1.86. The Morgan fingerprint density at radius 1 is 1.11 bits per heavy atom. The quantitative estimate of drug-likeness (QED) is 0.739. The van der Waals surface area contributed by atoms with Crippen molar-refractivity contribution in [3.05, 3.63) is 53.6 Å². The minimum atomic E-state index is -0.143. The number of nitrogen functional groups attached to an aromatic ring is 1. The standard InChI is InChI=1S/C15H17N3O/c1-10-5-3-4-6-13(10)18-14-9-11(16)7-8-12(14)15(19)17-2/h3-9,18H,16H2,1-2H3,(H,17,19). The van der Waals surface area contributed by atoms with Gasteiger partial charge < -0.3 is 16.4 Å². The number of rotatable bonds is 3. The van der Waals surface area contributed by atoms with Gasteiger partial charge in [0.1, 0.15) is 0 Å². The summed E-state index contributed by atoms with van der Waals surface area (Å²) < 4.78 is 0. The Balaban J connectivity index is 2.41. The molecule has 2 rings (SSSR count). The predicted octanol–water partition coefficient (Wildman–Crippen LogP) is 2.68. The van der Waals surface area contributed by atoms with Crippen LogP contribution in [0.3, 0.4) is 0 Å². The number of benzene rings is 2. The summed E-state index contributed by atoms with van der Waals surface area (Å²) >= 11 is 0. The van der Waals surface area contributed by atoms with Gasteiger partial charge in [-0.2, -0.15) is 0 Å². The van der Waals surface area contributed by atoms with Gasteiger partial charge in [0.25, 0.3) is 5.91 Å². The molecule has 2 aromatic rings. The zero-order valence-corrected chi connectivity index (χ0v) is 11.0. The van der Waals surface area contributed by atoms with E-state index in [9.17, 15) is 4.79 Å². The lowest BCUT2D eigenvalue weighted by atomic mass is 10.1. The van der Waals surface area contributed by atoms with Crippen molar-refractivity contribution in [2.75, 3.05) is 18.1 Å². The molecule has 0 aliphatic heterocycles. The van der Waals surface area contributed by atoms with E-state index in [0.29, 0.717) is 16.9 Å². The number of para-hydroxylation sites is 1. The Bertz CT molecular complexity index is 608. The molecule has 98 valence electrons. The molecule has 19 heavy (non-hydrogen) atoms. The number of nitrogens with one attached hydrogen (secondary N) is 2. The van der Waals surface area contributed by atoms with Gasteiger partial charge in [0.15, 0.2) is 0 Å². The Kier molecular flexibility index (Phi) is 3.71. The zero-order chi connectivity index (χ0) is 13.8. The summed E-state index contributed by atoms with van der Waals surface area (Å²) in [5.74, 6) is -0.143. The van der Waals surface area contributed by atoms with E-state index in [1.165, 1.54) is 0 Å². The van der Waals surface area contributed by atoms with E-state index >= 15 is 0 Å². The van der Waals surface area contributed by atoms with Crippen LogP contribution in [0, 0.1) is 6.92 Å². The lowest BCUT2D eigenvalue weighted by molar-refractivity contribution is 0.0964. The van der Waals surface area contributed by atoms with Gasteiger partial charge in [-0.05, 0) is 36.8 Å². The molecular formula is C15H17N3O. The summed E-state index contributed by atoms with van der Waals surface area (Å²) in [6.07, 6.45) is 0. The Morgan fingerprint density at radius 3 is 2.53 bits per heavy atom. The van der Waals surface area contributed by atoms with Crippen molar-refractivity contribution in [3.63, 3.8) is 0 Å². The van der Waals surface area contributed by atoms with Crippen molar-refractivity contribution in [2.24, 2.45) is 0 Å². The number of amides is 1. The van der Waals surface area contributed by atoms with Crippen LogP contribution in [-0.2, 0) is 0 Å². The fraction of sp³-hybridized carbons (Fsp3) is 0.133. The van der Waals surface area contributed by atoms with Crippen LogP contribution in [0.1, 0.15) is 15.9 Å². The summed E-state index contributed by atoms with van der Waals surface area (Å²) in [6, 6.07) is 13.1. The van der Waals surface area contributed by atoms with E-state index in [1.54, 1.807) is 25.2 Å². The third-order valence-corrected chi connectivity index (χ3v) is 2.93. The van der Waals surface area contributed by atoms with E-state index in [0.717, 1.165) is 11.3 Å². The molecule has 0 aliphatic carbocycles. The van der Waals surface area contributed by atoms with Crippen molar-refractivity contribution >= 4 is 23.0 Å². The summed E-state index contributed by atoms with van der Waals surface area (Å²) in [5.41, 5.74) is 9.74. The van der Waals surface area contributed by atoms with Crippen LogP contribution in [0.2, 0.25) is 0 Å². The highest BCUT2D eigenvalue weighted by atomic mass is 16.1. The molecule has 0 atom stereocenters. The number of carbonyl (C=O) groups excluding carboxylic acids is 1. The highest BCUT2D eigenvalue weighted by molar-refractivity contribution is 6.00. The maximum absolute atomic E-state index is 11.8. The number of carbonyl (C=O) groups is 1. The average molecular weight is 255 g/mol. The van der Waals surface area contributed by atoms with Gasteiger partial charge in [0.05, 0.1) is 11.3 Å². The molecule has 0 saturated carbocycles. The number of hydrogen-bond acceptors (Lipinski definition) is 3. The van der Waals surface area contributed by atoms with Crippen LogP contribution in [-0.4, -0.2) is 13.0 Å². The second kappa shape index (κ2) is 5.44. The number of nitrogens with two attached hydrogens (primary N) is 1. The molecule has 4 heteroatoms. The Labute approximate surface area is 112 Å². The van der Waals surface area contributed by atoms with Crippen LogP contribution in [0.5, 0.6) is 0 Å². The summed E-state index contributed by atoms with van der Waals surface area (Å²) in [6.45, 7) is 2.01. The van der Waals surface area contributed by atoms with Gasteiger partial charge in [-0.1, -0.05) is 18.2 Å². The molecule has 0 saturated heterocycles. The normalized spacial score (nSPS) is 10.0. The van der Waals surface area contributed by atoms with Crippen molar-refractivity contribution in [1.82, 2.24) is 5.32 Å². The van der Waals surface area contributed by atoms with Crippen molar-refractivity contribution in [1.29, 1.82) is 0 Å². The molecule has 0 bridgehead atoms. The number of hydrogen-bond donors (Lipinski definition) is 3. The highest BCUT2D eigenvalue weighted by Crippen LogP contribution is 2.25.